The van der Waals surface area contributed by atoms with E-state index in [-0.39, 0.29) is 5.91 Å². The van der Waals surface area contributed by atoms with Crippen LogP contribution in [0.25, 0.3) is 11.8 Å². The number of likely N-dealkylation sites (N-methyl/N-ethyl adjacent to an activating group) is 1. The van der Waals surface area contributed by atoms with Gasteiger partial charge in [0.1, 0.15) is 5.75 Å². The van der Waals surface area contributed by atoms with E-state index in [1.54, 1.807) is 12.0 Å². The summed E-state index contributed by atoms with van der Waals surface area (Å²) in [6.07, 6.45) is 3.94. The lowest BCUT2D eigenvalue weighted by molar-refractivity contribution is -0.122. The van der Waals surface area contributed by atoms with Crippen LogP contribution in [0.5, 0.6) is 5.75 Å². The number of hydrogen-bond donors (Lipinski definition) is 0. The maximum absolute atomic E-state index is 13.1. The van der Waals surface area contributed by atoms with Gasteiger partial charge in [0.2, 0.25) is 0 Å². The zero-order valence-corrected chi connectivity index (χ0v) is 19.5. The van der Waals surface area contributed by atoms with Crippen LogP contribution < -0.4 is 9.64 Å². The van der Waals surface area contributed by atoms with Gasteiger partial charge in [-0.15, -0.1) is 0 Å². The smallest absolute Gasteiger partial charge is 0.266 e. The van der Waals surface area contributed by atoms with Gasteiger partial charge < -0.3 is 14.2 Å². The van der Waals surface area contributed by atoms with Gasteiger partial charge in [0.25, 0.3) is 5.91 Å². The summed E-state index contributed by atoms with van der Waals surface area (Å²) in [5.74, 6) is 0.747. The molecule has 0 N–H and O–H groups in total. The Morgan fingerprint density at radius 3 is 2.41 bits per heavy atom. The van der Waals surface area contributed by atoms with Crippen molar-refractivity contribution in [3.8, 4) is 11.4 Å². The Kier molecular flexibility index (Phi) is 6.37. The molecule has 2 aromatic carbocycles. The maximum atomic E-state index is 13.1. The van der Waals surface area contributed by atoms with Crippen LogP contribution in [0.4, 0.5) is 11.4 Å². The predicted octanol–water partition coefficient (Wildman–Crippen LogP) is 5.18. The monoisotopic (exact) mass is 446 g/mol. The molecule has 1 saturated heterocycles. The molecular weight excluding hydrogens is 420 g/mol. The Hall–Kier alpha value is -3.45. The first-order valence-corrected chi connectivity index (χ1v) is 11.2. The summed E-state index contributed by atoms with van der Waals surface area (Å²) in [6, 6.07) is 19.8. The molecule has 1 amide bonds. The molecule has 0 aliphatic carbocycles. The second-order valence-electron chi connectivity index (χ2n) is 7.47. The van der Waals surface area contributed by atoms with Crippen molar-refractivity contribution in [3.05, 3.63) is 77.5 Å². The van der Waals surface area contributed by atoms with Gasteiger partial charge in [-0.05, 0) is 85.4 Å². The van der Waals surface area contributed by atoms with E-state index in [0.29, 0.717) is 16.6 Å². The van der Waals surface area contributed by atoms with Crippen LogP contribution >= 0.6 is 11.8 Å². The highest BCUT2D eigenvalue weighted by molar-refractivity contribution is 8.18. The van der Waals surface area contributed by atoms with Crippen molar-refractivity contribution in [1.82, 2.24) is 9.47 Å². The molecule has 164 valence electrons. The van der Waals surface area contributed by atoms with E-state index in [1.807, 2.05) is 69.7 Å². The lowest BCUT2D eigenvalue weighted by atomic mass is 10.2. The van der Waals surface area contributed by atoms with Crippen molar-refractivity contribution >= 4 is 40.3 Å². The number of ether oxygens (including phenoxy) is 1. The van der Waals surface area contributed by atoms with Crippen molar-refractivity contribution in [2.75, 3.05) is 32.6 Å². The molecule has 0 atom stereocenters. The summed E-state index contributed by atoms with van der Waals surface area (Å²) in [5, 5.41) is 0.683. The SMILES string of the molecule is CCN1C(=O)/C(=C/c2cccn2-c2ccc(N(C)C)cc2)SC1=Nc1ccc(OC)cc1. The number of aromatic nitrogens is 1. The first kappa shape index (κ1) is 21.8. The zero-order valence-electron chi connectivity index (χ0n) is 18.6. The fourth-order valence-electron chi connectivity index (χ4n) is 3.43. The van der Waals surface area contributed by atoms with Crippen LogP contribution in [-0.2, 0) is 4.79 Å². The molecule has 4 rings (SSSR count). The van der Waals surface area contributed by atoms with Crippen molar-refractivity contribution in [2.24, 2.45) is 4.99 Å². The number of nitrogens with zero attached hydrogens (tertiary/aromatic N) is 4. The number of amides is 1. The van der Waals surface area contributed by atoms with E-state index in [4.69, 9.17) is 9.73 Å². The minimum atomic E-state index is -0.0273. The van der Waals surface area contributed by atoms with Gasteiger partial charge in [0.15, 0.2) is 5.17 Å². The molecular formula is C25H26N4O2S. The summed E-state index contributed by atoms with van der Waals surface area (Å²) in [5.41, 5.74) is 3.91. The van der Waals surface area contributed by atoms with Gasteiger partial charge in [-0.3, -0.25) is 9.69 Å². The van der Waals surface area contributed by atoms with Crippen molar-refractivity contribution in [2.45, 2.75) is 6.92 Å². The molecule has 1 fully saturated rings. The number of anilines is 1. The van der Waals surface area contributed by atoms with Gasteiger partial charge in [0, 0.05) is 43.9 Å². The first-order chi connectivity index (χ1) is 15.5. The summed E-state index contributed by atoms with van der Waals surface area (Å²) in [7, 11) is 5.68. The fourth-order valence-corrected chi connectivity index (χ4v) is 4.48. The average molecular weight is 447 g/mol. The minimum Gasteiger partial charge on any atom is -0.497 e. The Labute approximate surface area is 192 Å². The van der Waals surface area contributed by atoms with Gasteiger partial charge in [-0.2, -0.15) is 0 Å². The second-order valence-corrected chi connectivity index (χ2v) is 8.48. The molecule has 0 spiro atoms. The molecule has 1 aromatic heterocycles. The standard InChI is InChI=1S/C25H26N4O2S/c1-5-28-24(30)23(32-25(28)26-18-8-14-22(31-4)15-9-18)17-21-7-6-16-29(21)20-12-10-19(11-13-20)27(2)3/h6-17H,5H2,1-4H3/b23-17-,26-25?. The maximum Gasteiger partial charge on any atom is 0.266 e. The van der Waals surface area contributed by atoms with Crippen LogP contribution in [0, 0.1) is 0 Å². The Morgan fingerprint density at radius 2 is 1.78 bits per heavy atom. The summed E-state index contributed by atoms with van der Waals surface area (Å²) in [6.45, 7) is 2.52. The zero-order chi connectivity index (χ0) is 22.7. The normalized spacial score (nSPS) is 16.2. The van der Waals surface area contributed by atoms with E-state index >= 15 is 0 Å². The number of carbonyl (C=O) groups is 1. The molecule has 0 saturated carbocycles. The van der Waals surface area contributed by atoms with Crippen molar-refractivity contribution in [3.63, 3.8) is 0 Å². The third-order valence-electron chi connectivity index (χ3n) is 5.21. The predicted molar refractivity (Wildman–Crippen MR) is 133 cm³/mol. The molecule has 6 nitrogen and oxygen atoms in total. The lowest BCUT2D eigenvalue weighted by Crippen LogP contribution is -2.28. The highest BCUT2D eigenvalue weighted by Crippen LogP contribution is 2.34. The first-order valence-electron chi connectivity index (χ1n) is 10.4. The number of hydrogen-bond acceptors (Lipinski definition) is 5. The Balaban J connectivity index is 1.63. The van der Waals surface area contributed by atoms with E-state index in [2.05, 4.69) is 33.7 Å². The molecule has 0 radical (unpaired) electrons. The third kappa shape index (κ3) is 4.43. The van der Waals surface area contributed by atoms with Crippen LogP contribution in [0.3, 0.4) is 0 Å². The van der Waals surface area contributed by atoms with E-state index in [1.165, 1.54) is 11.8 Å². The molecule has 32 heavy (non-hydrogen) atoms. The number of aliphatic imine (C=N–C) groups is 1. The second kappa shape index (κ2) is 9.36. The highest BCUT2D eigenvalue weighted by Gasteiger charge is 2.32. The molecule has 0 unspecified atom stereocenters. The fraction of sp³-hybridized carbons (Fsp3) is 0.200. The van der Waals surface area contributed by atoms with Crippen LogP contribution in [0.15, 0.2) is 76.8 Å². The number of amidine groups is 1. The third-order valence-corrected chi connectivity index (χ3v) is 6.21. The lowest BCUT2D eigenvalue weighted by Gasteiger charge is -2.14. The molecule has 1 aliphatic rings. The van der Waals surface area contributed by atoms with E-state index < -0.39 is 0 Å². The van der Waals surface area contributed by atoms with Gasteiger partial charge in [-0.1, -0.05) is 0 Å². The number of methoxy groups -OCH3 is 1. The number of carbonyl (C=O) groups excluding carboxylic acids is 1. The van der Waals surface area contributed by atoms with E-state index in [9.17, 15) is 4.79 Å². The van der Waals surface area contributed by atoms with Crippen LogP contribution in [-0.4, -0.2) is 48.3 Å². The van der Waals surface area contributed by atoms with Crippen molar-refractivity contribution < 1.29 is 9.53 Å². The number of benzene rings is 2. The summed E-state index contributed by atoms with van der Waals surface area (Å²) < 4.78 is 7.29. The van der Waals surface area contributed by atoms with Gasteiger partial charge in [0.05, 0.1) is 17.7 Å². The largest absolute Gasteiger partial charge is 0.497 e. The van der Waals surface area contributed by atoms with Crippen LogP contribution in [0.2, 0.25) is 0 Å². The molecule has 1 aliphatic heterocycles. The Bertz CT molecular complexity index is 1160. The van der Waals surface area contributed by atoms with Gasteiger partial charge >= 0.3 is 0 Å². The quantitative estimate of drug-likeness (QED) is 0.490. The topological polar surface area (TPSA) is 50.1 Å². The summed E-state index contributed by atoms with van der Waals surface area (Å²) >= 11 is 1.40. The number of rotatable bonds is 6. The molecule has 2 heterocycles. The number of thioether (sulfide) groups is 1. The highest BCUT2D eigenvalue weighted by atomic mass is 32.2. The molecule has 3 aromatic rings. The Morgan fingerprint density at radius 1 is 1.06 bits per heavy atom. The van der Waals surface area contributed by atoms with Crippen LogP contribution in [0.1, 0.15) is 12.6 Å². The minimum absolute atomic E-state index is 0.0273. The van der Waals surface area contributed by atoms with Crippen molar-refractivity contribution in [1.29, 1.82) is 0 Å². The molecule has 0 bridgehead atoms. The average Bonchev–Trinajstić information content (AvgIpc) is 3.38. The summed E-state index contributed by atoms with van der Waals surface area (Å²) in [4.78, 5) is 22.2. The van der Waals surface area contributed by atoms with Gasteiger partial charge in [-0.25, -0.2) is 4.99 Å². The van der Waals surface area contributed by atoms with E-state index in [0.717, 1.165) is 28.5 Å². The molecule has 7 heteroatoms.